The van der Waals surface area contributed by atoms with Crippen LogP contribution in [0, 0.1) is 6.92 Å². The molecule has 3 heterocycles. The maximum atomic E-state index is 12.8. The van der Waals surface area contributed by atoms with Crippen LogP contribution in [0.15, 0.2) is 48.7 Å². The Morgan fingerprint density at radius 1 is 1.06 bits per heavy atom. The Morgan fingerprint density at radius 3 is 2.62 bits per heavy atom. The molecule has 1 amide bonds. The molecule has 0 saturated carbocycles. The average molecular weight is 447 g/mol. The number of amides is 1. The van der Waals surface area contributed by atoms with Crippen molar-refractivity contribution in [3.63, 3.8) is 0 Å². The first-order valence-corrected chi connectivity index (χ1v) is 12.5. The molecule has 1 N–H and O–H groups in total. The zero-order valence-corrected chi connectivity index (χ0v) is 19.5. The van der Waals surface area contributed by atoms with Gasteiger partial charge < -0.3 is 10.2 Å². The van der Waals surface area contributed by atoms with Gasteiger partial charge >= 0.3 is 0 Å². The predicted molar refractivity (Wildman–Crippen MR) is 133 cm³/mol. The number of carbonyl (C=O) groups is 1. The second-order valence-corrected chi connectivity index (χ2v) is 9.80. The van der Waals surface area contributed by atoms with Crippen LogP contribution in [-0.2, 0) is 0 Å². The van der Waals surface area contributed by atoms with Crippen LogP contribution in [0.2, 0.25) is 0 Å². The number of thiazole rings is 1. The van der Waals surface area contributed by atoms with Gasteiger partial charge in [-0.1, -0.05) is 54.0 Å². The molecule has 0 radical (unpaired) electrons. The van der Waals surface area contributed by atoms with E-state index in [1.165, 1.54) is 44.3 Å². The van der Waals surface area contributed by atoms with Crippen molar-refractivity contribution in [1.29, 1.82) is 0 Å². The molecule has 1 fully saturated rings. The highest BCUT2D eigenvalue weighted by Gasteiger charge is 2.14. The van der Waals surface area contributed by atoms with Crippen molar-refractivity contribution in [1.82, 2.24) is 19.6 Å². The quantitative estimate of drug-likeness (QED) is 0.397. The first-order valence-electron chi connectivity index (χ1n) is 11.7. The molecular weight excluding hydrogens is 416 g/mol. The Morgan fingerprint density at radius 2 is 1.84 bits per heavy atom. The van der Waals surface area contributed by atoms with Gasteiger partial charge in [-0.05, 0) is 64.0 Å². The molecule has 5 nitrogen and oxygen atoms in total. The lowest BCUT2D eigenvalue weighted by Crippen LogP contribution is -2.30. The molecule has 1 aliphatic rings. The van der Waals surface area contributed by atoms with Gasteiger partial charge in [0, 0.05) is 23.9 Å². The van der Waals surface area contributed by atoms with Gasteiger partial charge in [-0.3, -0.25) is 9.20 Å². The Bertz CT molecular complexity index is 1220. The van der Waals surface area contributed by atoms with Crippen LogP contribution in [0.4, 0.5) is 0 Å². The number of nitrogens with one attached hydrogen (secondary N) is 1. The van der Waals surface area contributed by atoms with Gasteiger partial charge in [-0.15, -0.1) is 0 Å². The number of likely N-dealkylation sites (tertiary alicyclic amines) is 1. The van der Waals surface area contributed by atoms with Crippen LogP contribution in [0.3, 0.4) is 0 Å². The molecule has 0 atom stereocenters. The summed E-state index contributed by atoms with van der Waals surface area (Å²) in [4.78, 5) is 21.1. The van der Waals surface area contributed by atoms with E-state index < -0.39 is 0 Å². The van der Waals surface area contributed by atoms with Crippen molar-refractivity contribution in [3.05, 3.63) is 59.8 Å². The number of aryl methyl sites for hydroxylation is 1. The van der Waals surface area contributed by atoms with Crippen molar-refractivity contribution < 1.29 is 4.79 Å². The largest absolute Gasteiger partial charge is 0.352 e. The number of aromatic nitrogens is 2. The van der Waals surface area contributed by atoms with Gasteiger partial charge in [0.2, 0.25) is 0 Å². The molecule has 5 rings (SSSR count). The van der Waals surface area contributed by atoms with E-state index in [1.807, 2.05) is 18.2 Å². The fourth-order valence-electron chi connectivity index (χ4n) is 4.47. The number of hydrogen-bond donors (Lipinski definition) is 1. The second-order valence-electron chi connectivity index (χ2n) is 8.79. The predicted octanol–water partition coefficient (Wildman–Crippen LogP) is 5.52. The number of benzene rings is 2. The van der Waals surface area contributed by atoms with Gasteiger partial charge in [0.05, 0.1) is 15.9 Å². The summed E-state index contributed by atoms with van der Waals surface area (Å²) in [6, 6.07) is 14.4. The van der Waals surface area contributed by atoms with Crippen LogP contribution in [0.25, 0.3) is 26.4 Å². The number of imidazole rings is 1. The number of fused-ring (bicyclic) bond motifs is 3. The highest BCUT2D eigenvalue weighted by Crippen LogP contribution is 2.30. The molecule has 166 valence electrons. The number of nitrogens with zero attached hydrogens (tertiary/aromatic N) is 3. The molecule has 0 bridgehead atoms. The fourth-order valence-corrected chi connectivity index (χ4v) is 5.46. The van der Waals surface area contributed by atoms with Crippen LogP contribution >= 0.6 is 11.3 Å². The molecule has 2 aromatic carbocycles. The molecule has 4 aromatic rings. The summed E-state index contributed by atoms with van der Waals surface area (Å²) in [5.74, 6) is 0.000916. The van der Waals surface area contributed by atoms with Crippen molar-refractivity contribution in [2.45, 2.75) is 39.0 Å². The Balaban J connectivity index is 1.27. The van der Waals surface area contributed by atoms with Crippen molar-refractivity contribution >= 4 is 32.4 Å². The maximum absolute atomic E-state index is 12.8. The van der Waals surface area contributed by atoms with E-state index in [-0.39, 0.29) is 5.91 Å². The van der Waals surface area contributed by atoms with E-state index in [2.05, 4.69) is 52.0 Å². The SMILES string of the molecule is Cc1ccc(-c2cn3c(n2)sc2ccc(C(=O)NCCCN4CCCCCC4)cc23)cc1. The molecule has 2 aromatic heterocycles. The van der Waals surface area contributed by atoms with Crippen molar-refractivity contribution in [3.8, 4) is 11.3 Å². The Labute approximate surface area is 193 Å². The third-order valence-corrected chi connectivity index (χ3v) is 7.37. The van der Waals surface area contributed by atoms with Gasteiger partial charge in [0.1, 0.15) is 0 Å². The van der Waals surface area contributed by atoms with Crippen LogP contribution in [-0.4, -0.2) is 46.4 Å². The van der Waals surface area contributed by atoms with E-state index in [0.29, 0.717) is 5.56 Å². The third-order valence-electron chi connectivity index (χ3n) is 6.34. The van der Waals surface area contributed by atoms with E-state index in [1.54, 1.807) is 11.3 Å². The first kappa shape index (κ1) is 21.2. The second kappa shape index (κ2) is 9.43. The van der Waals surface area contributed by atoms with Crippen LogP contribution in [0.5, 0.6) is 0 Å². The monoisotopic (exact) mass is 446 g/mol. The number of rotatable bonds is 6. The first-order chi connectivity index (χ1) is 15.7. The van der Waals surface area contributed by atoms with Crippen LogP contribution < -0.4 is 5.32 Å². The molecule has 6 heteroatoms. The van der Waals surface area contributed by atoms with Crippen LogP contribution in [0.1, 0.15) is 48.0 Å². The summed E-state index contributed by atoms with van der Waals surface area (Å²) in [6.07, 6.45) is 8.40. The normalized spacial score (nSPS) is 15.3. The summed E-state index contributed by atoms with van der Waals surface area (Å²) >= 11 is 1.65. The summed E-state index contributed by atoms with van der Waals surface area (Å²) in [7, 11) is 0. The molecule has 1 saturated heterocycles. The number of hydrogen-bond acceptors (Lipinski definition) is 4. The summed E-state index contributed by atoms with van der Waals surface area (Å²) in [5.41, 5.74) is 5.05. The van der Waals surface area contributed by atoms with Gasteiger partial charge in [-0.25, -0.2) is 4.98 Å². The molecule has 1 aliphatic heterocycles. The maximum Gasteiger partial charge on any atom is 0.251 e. The zero-order chi connectivity index (χ0) is 21.9. The van der Waals surface area contributed by atoms with Crippen molar-refractivity contribution in [2.75, 3.05) is 26.2 Å². The highest BCUT2D eigenvalue weighted by molar-refractivity contribution is 7.23. The lowest BCUT2D eigenvalue weighted by molar-refractivity contribution is 0.0952. The minimum absolute atomic E-state index is 0.000916. The third kappa shape index (κ3) is 4.57. The minimum Gasteiger partial charge on any atom is -0.352 e. The van der Waals surface area contributed by atoms with E-state index in [9.17, 15) is 4.79 Å². The summed E-state index contributed by atoms with van der Waals surface area (Å²) < 4.78 is 3.24. The van der Waals surface area contributed by atoms with E-state index in [0.717, 1.165) is 45.9 Å². The summed E-state index contributed by atoms with van der Waals surface area (Å²) in [6.45, 7) is 6.28. The van der Waals surface area contributed by atoms with Gasteiger partial charge in [0.15, 0.2) is 4.96 Å². The number of carbonyl (C=O) groups excluding carboxylic acids is 1. The molecule has 0 aliphatic carbocycles. The molecular formula is C26H30N4OS. The summed E-state index contributed by atoms with van der Waals surface area (Å²) in [5, 5.41) is 3.11. The van der Waals surface area contributed by atoms with Crippen molar-refractivity contribution in [2.24, 2.45) is 0 Å². The van der Waals surface area contributed by atoms with Gasteiger partial charge in [-0.2, -0.15) is 0 Å². The topological polar surface area (TPSA) is 49.6 Å². The van der Waals surface area contributed by atoms with Gasteiger partial charge in [0.25, 0.3) is 5.91 Å². The lowest BCUT2D eigenvalue weighted by Gasteiger charge is -2.19. The minimum atomic E-state index is 0.000916. The standard InChI is InChI=1S/C26H30N4OS/c1-19-7-9-20(10-8-19)22-18-30-23-17-21(11-12-24(23)32-26(30)28-22)25(31)27-13-6-16-29-14-4-2-3-5-15-29/h7-12,17-18H,2-6,13-16H2,1H3,(H,27,31). The Hall–Kier alpha value is -2.70. The fraction of sp³-hybridized carbons (Fsp3) is 0.385. The van der Waals surface area contributed by atoms with E-state index >= 15 is 0 Å². The average Bonchev–Trinajstić information content (AvgIpc) is 3.24. The smallest absolute Gasteiger partial charge is 0.251 e. The molecule has 0 spiro atoms. The lowest BCUT2D eigenvalue weighted by atomic mass is 10.1. The zero-order valence-electron chi connectivity index (χ0n) is 18.6. The molecule has 0 unspecified atom stereocenters. The molecule has 32 heavy (non-hydrogen) atoms. The Kier molecular flexibility index (Phi) is 6.23. The highest BCUT2D eigenvalue weighted by atomic mass is 32.1. The van der Waals surface area contributed by atoms with E-state index in [4.69, 9.17) is 4.98 Å².